The maximum absolute atomic E-state index is 13.4. The van der Waals surface area contributed by atoms with Crippen LogP contribution in [-0.4, -0.2) is 46.6 Å². The number of imide groups is 1. The second-order valence-electron chi connectivity index (χ2n) is 10.5. The van der Waals surface area contributed by atoms with E-state index in [0.29, 0.717) is 25.7 Å². The van der Waals surface area contributed by atoms with Gasteiger partial charge in [-0.25, -0.2) is 0 Å². The van der Waals surface area contributed by atoms with Crippen LogP contribution in [0.1, 0.15) is 65.4 Å². The zero-order chi connectivity index (χ0) is 25.3. The van der Waals surface area contributed by atoms with Gasteiger partial charge in [0.05, 0.1) is 17.9 Å². The van der Waals surface area contributed by atoms with Gasteiger partial charge in [-0.2, -0.15) is 0 Å². The summed E-state index contributed by atoms with van der Waals surface area (Å²) in [4.78, 5) is 28.0. The normalized spacial score (nSPS) is 27.1. The van der Waals surface area contributed by atoms with E-state index >= 15 is 0 Å². The van der Waals surface area contributed by atoms with Crippen LogP contribution in [0.4, 0.5) is 0 Å². The predicted molar refractivity (Wildman–Crippen MR) is 137 cm³/mol. The second-order valence-corrected chi connectivity index (χ2v) is 10.5. The quantitative estimate of drug-likeness (QED) is 0.317. The Morgan fingerprint density at radius 1 is 1.20 bits per heavy atom. The minimum absolute atomic E-state index is 0.0459. The first-order valence-corrected chi connectivity index (χ1v) is 13.2. The lowest BCUT2D eigenvalue weighted by Crippen LogP contribution is -2.46. The van der Waals surface area contributed by atoms with Gasteiger partial charge >= 0.3 is 7.12 Å². The molecule has 2 fully saturated rings. The topological polar surface area (TPSA) is 87.1 Å². The molecule has 3 aliphatic rings. The van der Waals surface area contributed by atoms with Crippen LogP contribution < -0.4 is 0 Å². The molecule has 1 aromatic rings. The number of para-hydroxylation sites is 1. The van der Waals surface area contributed by atoms with E-state index in [1.54, 1.807) is 6.07 Å². The van der Waals surface area contributed by atoms with Gasteiger partial charge in [0, 0.05) is 12.1 Å². The third kappa shape index (κ3) is 4.98. The summed E-state index contributed by atoms with van der Waals surface area (Å²) in [5.41, 5.74) is 4.34. The summed E-state index contributed by atoms with van der Waals surface area (Å²) in [7, 11) is -0.948. The number of carbonyl (C=O) groups excluding carboxylic acids is 2. The Balaban J connectivity index is 1.63. The van der Waals surface area contributed by atoms with Crippen LogP contribution in [0.5, 0.6) is 5.75 Å². The monoisotopic (exact) mass is 479 g/mol. The number of carbonyl (C=O) groups is 2. The summed E-state index contributed by atoms with van der Waals surface area (Å²) < 4.78 is 6.10. The van der Waals surface area contributed by atoms with Crippen molar-refractivity contribution in [2.45, 2.75) is 72.2 Å². The Morgan fingerprint density at radius 2 is 1.94 bits per heavy atom. The van der Waals surface area contributed by atoms with Gasteiger partial charge in [0.25, 0.3) is 0 Å². The number of likely N-dealkylation sites (tertiary alicyclic amines) is 1. The molecular weight excluding hydrogens is 441 g/mol. The molecule has 0 unspecified atom stereocenters. The summed E-state index contributed by atoms with van der Waals surface area (Å²) in [5, 5.41) is 20.9. The number of fused-ring (bicyclic) bond motifs is 3. The maximum Gasteiger partial charge on any atom is 0.455 e. The van der Waals surface area contributed by atoms with Gasteiger partial charge in [-0.05, 0) is 61.9 Å². The molecule has 1 aliphatic carbocycles. The summed E-state index contributed by atoms with van der Waals surface area (Å²) in [6, 6.07) is 7.30. The van der Waals surface area contributed by atoms with Gasteiger partial charge in [-0.15, -0.1) is 0 Å². The highest BCUT2D eigenvalue weighted by atomic mass is 16.5. The van der Waals surface area contributed by atoms with E-state index in [9.17, 15) is 19.7 Å². The fourth-order valence-corrected chi connectivity index (χ4v) is 6.26. The molecule has 1 aromatic carbocycles. The van der Waals surface area contributed by atoms with E-state index in [1.165, 1.54) is 16.0 Å². The van der Waals surface area contributed by atoms with Gasteiger partial charge < -0.3 is 14.8 Å². The average molecular weight is 479 g/mol. The molecule has 2 amide bonds. The molecule has 35 heavy (non-hydrogen) atoms. The van der Waals surface area contributed by atoms with Crippen molar-refractivity contribution in [1.82, 2.24) is 4.90 Å². The van der Waals surface area contributed by atoms with Crippen molar-refractivity contribution in [2.75, 3.05) is 6.54 Å². The van der Waals surface area contributed by atoms with E-state index in [1.807, 2.05) is 31.2 Å². The summed E-state index contributed by atoms with van der Waals surface area (Å²) in [6.45, 7) is 8.82. The molecule has 4 rings (SSSR count). The lowest BCUT2D eigenvalue weighted by atomic mass is 9.57. The van der Waals surface area contributed by atoms with Crippen LogP contribution in [0.3, 0.4) is 0 Å². The van der Waals surface area contributed by atoms with Crippen molar-refractivity contribution in [3.8, 4) is 5.75 Å². The van der Waals surface area contributed by atoms with Crippen LogP contribution in [0.15, 0.2) is 41.0 Å². The minimum Gasteiger partial charge on any atom is -0.507 e. The first kappa shape index (κ1) is 25.7. The zero-order valence-corrected chi connectivity index (χ0v) is 21.4. The number of benzene rings is 1. The van der Waals surface area contributed by atoms with Crippen molar-refractivity contribution >= 4 is 25.0 Å². The first-order chi connectivity index (χ1) is 16.8. The van der Waals surface area contributed by atoms with Crippen LogP contribution in [0.2, 0.25) is 6.32 Å². The lowest BCUT2D eigenvalue weighted by Gasteiger charge is -2.44. The molecule has 2 N–H and O–H groups in total. The van der Waals surface area contributed by atoms with Crippen LogP contribution >= 0.6 is 0 Å². The molecule has 0 aromatic heterocycles. The molecule has 6 nitrogen and oxygen atoms in total. The molecule has 0 saturated carbocycles. The average Bonchev–Trinajstić information content (AvgIpc) is 3.07. The fourth-order valence-electron chi connectivity index (χ4n) is 6.26. The predicted octanol–water partition coefficient (Wildman–Crippen LogP) is 4.83. The van der Waals surface area contributed by atoms with Gasteiger partial charge in [-0.1, -0.05) is 63.1 Å². The highest BCUT2D eigenvalue weighted by Gasteiger charge is 2.57. The van der Waals surface area contributed by atoms with E-state index in [-0.39, 0.29) is 41.4 Å². The highest BCUT2D eigenvalue weighted by molar-refractivity contribution is 6.43. The number of nitrogens with zero attached hydrogens (tertiary/aromatic N) is 1. The summed E-state index contributed by atoms with van der Waals surface area (Å²) >= 11 is 0. The van der Waals surface area contributed by atoms with Crippen molar-refractivity contribution in [3.63, 3.8) is 0 Å². The minimum atomic E-state index is -0.948. The molecular formula is C28H38BNO5. The molecule has 2 saturated heterocycles. The number of allylic oxidation sites excluding steroid dienone is 2. The molecule has 0 radical (unpaired) electrons. The Bertz CT molecular complexity index is 1030. The van der Waals surface area contributed by atoms with Crippen LogP contribution in [-0.2, 0) is 14.2 Å². The van der Waals surface area contributed by atoms with E-state index in [4.69, 9.17) is 4.65 Å². The number of hydrogen-bond acceptors (Lipinski definition) is 5. The number of aromatic hydroxyl groups is 1. The molecule has 7 heteroatoms. The van der Waals surface area contributed by atoms with Crippen molar-refractivity contribution in [3.05, 3.63) is 46.5 Å². The molecule has 2 heterocycles. The third-order valence-electron chi connectivity index (χ3n) is 7.96. The Labute approximate surface area is 209 Å². The first-order valence-electron chi connectivity index (χ1n) is 13.2. The number of amides is 2. The van der Waals surface area contributed by atoms with Crippen molar-refractivity contribution in [2.24, 2.45) is 23.7 Å². The fraction of sp³-hybridized carbons (Fsp3) is 0.571. The molecule has 0 spiro atoms. The van der Waals surface area contributed by atoms with Gasteiger partial charge in [0.2, 0.25) is 11.8 Å². The Morgan fingerprint density at radius 3 is 2.60 bits per heavy atom. The van der Waals surface area contributed by atoms with Gasteiger partial charge in [0.1, 0.15) is 5.75 Å². The standard InChI is InChI=1S/C28H38BNO5/c1-5-13-30-27(32)21-15-20(17(3)4)25-22(26(21)28(30)33)16-29(34)35-24(25)12-11-18(6-2)14-19-9-7-8-10-23(19)31/h7-10,14,17,21-22,24,26,31,34H,5-6,11-13,15-16H2,1-4H3/b18-14+/t21-,22+,24-,26-/m1/s1. The van der Waals surface area contributed by atoms with Gasteiger partial charge in [0.15, 0.2) is 0 Å². The van der Waals surface area contributed by atoms with Crippen LogP contribution in [0.25, 0.3) is 6.08 Å². The Hall–Kier alpha value is -2.38. The summed E-state index contributed by atoms with van der Waals surface area (Å²) in [6.07, 6.45) is 5.73. The number of phenols is 1. The lowest BCUT2D eigenvalue weighted by molar-refractivity contribution is -0.140. The van der Waals surface area contributed by atoms with E-state index in [0.717, 1.165) is 30.4 Å². The number of hydrogen-bond donors (Lipinski definition) is 2. The number of rotatable bonds is 8. The highest BCUT2D eigenvalue weighted by Crippen LogP contribution is 2.52. The third-order valence-corrected chi connectivity index (χ3v) is 7.96. The maximum atomic E-state index is 13.4. The molecule has 4 atom stereocenters. The molecule has 2 aliphatic heterocycles. The summed E-state index contributed by atoms with van der Waals surface area (Å²) in [5.74, 6) is -0.504. The van der Waals surface area contributed by atoms with Crippen LogP contribution in [0, 0.1) is 23.7 Å². The van der Waals surface area contributed by atoms with Crippen molar-refractivity contribution < 1.29 is 24.4 Å². The number of phenolic OH excluding ortho intramolecular Hbond substituents is 1. The Kier molecular flexibility index (Phi) is 7.87. The van der Waals surface area contributed by atoms with E-state index < -0.39 is 13.0 Å². The van der Waals surface area contributed by atoms with E-state index in [2.05, 4.69) is 20.8 Å². The smallest absolute Gasteiger partial charge is 0.455 e. The SMILES string of the molecule is CCCN1C(=O)[C@@H]2[C@@H](CC(C(C)C)=C3[C@@H](CC/C(=C/c4ccccc4O)CC)OB(O)C[C@@H]32)C1=O. The van der Waals surface area contributed by atoms with Crippen molar-refractivity contribution in [1.29, 1.82) is 0 Å². The van der Waals surface area contributed by atoms with Gasteiger partial charge in [-0.3, -0.25) is 14.5 Å². The molecule has 188 valence electrons. The zero-order valence-electron chi connectivity index (χ0n) is 21.4. The molecule has 0 bridgehead atoms. The largest absolute Gasteiger partial charge is 0.507 e. The second kappa shape index (κ2) is 10.7.